The quantitative estimate of drug-likeness (QED) is 0.595. The fourth-order valence-electron chi connectivity index (χ4n) is 1.17. The molecule has 11 heavy (non-hydrogen) atoms. The summed E-state index contributed by atoms with van der Waals surface area (Å²) in [5, 5.41) is 10.8. The van der Waals surface area contributed by atoms with Crippen molar-refractivity contribution in [3.63, 3.8) is 0 Å². The molecule has 0 aliphatic carbocycles. The number of carbonyl (C=O) groups is 1. The summed E-state index contributed by atoms with van der Waals surface area (Å²) >= 11 is 0. The molecule has 4 nitrogen and oxygen atoms in total. The molecular weight excluding hydrogens is 146 g/mol. The van der Waals surface area contributed by atoms with Gasteiger partial charge in [-0.1, -0.05) is 0 Å². The predicted octanol–water partition coefficient (Wildman–Crippen LogP) is 0.821. The van der Waals surface area contributed by atoms with Gasteiger partial charge in [0.1, 0.15) is 0 Å². The zero-order valence-corrected chi connectivity index (χ0v) is 6.54. The van der Waals surface area contributed by atoms with Crippen LogP contribution in [0.4, 0.5) is 4.79 Å². The minimum atomic E-state index is -0.965. The summed E-state index contributed by atoms with van der Waals surface area (Å²) in [4.78, 5) is 10.2. The molecule has 0 aromatic rings. The van der Waals surface area contributed by atoms with Gasteiger partial charge in [0.2, 0.25) is 0 Å². The first-order valence-electron chi connectivity index (χ1n) is 3.79. The lowest BCUT2D eigenvalue weighted by molar-refractivity contribution is 0.00943. The van der Waals surface area contributed by atoms with E-state index < -0.39 is 6.09 Å². The Morgan fingerprint density at radius 3 is 2.82 bits per heavy atom. The third kappa shape index (κ3) is 2.76. The van der Waals surface area contributed by atoms with Crippen molar-refractivity contribution in [1.82, 2.24) is 5.32 Å². The summed E-state index contributed by atoms with van der Waals surface area (Å²) in [7, 11) is 0. The van der Waals surface area contributed by atoms with Crippen molar-refractivity contribution in [2.75, 3.05) is 6.61 Å². The first-order chi connectivity index (χ1) is 5.18. The van der Waals surface area contributed by atoms with Crippen LogP contribution in [0, 0.1) is 0 Å². The van der Waals surface area contributed by atoms with Crippen LogP contribution in [0.5, 0.6) is 0 Å². The van der Waals surface area contributed by atoms with Crippen LogP contribution < -0.4 is 5.32 Å². The van der Waals surface area contributed by atoms with Crippen LogP contribution in [0.25, 0.3) is 0 Å². The summed E-state index contributed by atoms with van der Waals surface area (Å²) in [5.74, 6) is 0. The van der Waals surface area contributed by atoms with Gasteiger partial charge < -0.3 is 15.2 Å². The summed E-state index contributed by atoms with van der Waals surface area (Å²) in [6.07, 6.45) is 1.13. The Bertz CT molecular complexity index is 141. The molecule has 2 atom stereocenters. The first kappa shape index (κ1) is 8.33. The van der Waals surface area contributed by atoms with Gasteiger partial charge in [0.05, 0.1) is 18.8 Å². The van der Waals surface area contributed by atoms with Crippen molar-refractivity contribution in [1.29, 1.82) is 0 Å². The molecule has 1 aliphatic heterocycles. The van der Waals surface area contributed by atoms with Crippen LogP contribution in [-0.4, -0.2) is 30.0 Å². The van der Waals surface area contributed by atoms with Crippen molar-refractivity contribution in [2.45, 2.75) is 31.9 Å². The molecule has 0 saturated carbocycles. The van der Waals surface area contributed by atoms with Gasteiger partial charge in [-0.05, 0) is 19.8 Å². The highest BCUT2D eigenvalue weighted by Crippen LogP contribution is 2.12. The van der Waals surface area contributed by atoms with Crippen LogP contribution >= 0.6 is 0 Å². The number of ether oxygens (including phenoxy) is 1. The Morgan fingerprint density at radius 1 is 1.64 bits per heavy atom. The van der Waals surface area contributed by atoms with Crippen LogP contribution in [0.2, 0.25) is 0 Å². The SMILES string of the molecule is C[C@H]1CC[C@@H](NC(=O)O)CO1. The average molecular weight is 159 g/mol. The lowest BCUT2D eigenvalue weighted by Gasteiger charge is -2.26. The number of nitrogens with one attached hydrogen (secondary N) is 1. The normalized spacial score (nSPS) is 31.4. The zero-order valence-electron chi connectivity index (χ0n) is 6.54. The van der Waals surface area contributed by atoms with E-state index >= 15 is 0 Å². The second-order valence-electron chi connectivity index (χ2n) is 2.87. The van der Waals surface area contributed by atoms with Gasteiger partial charge in [-0.3, -0.25) is 0 Å². The lowest BCUT2D eigenvalue weighted by Crippen LogP contribution is -2.41. The highest BCUT2D eigenvalue weighted by atomic mass is 16.5. The van der Waals surface area contributed by atoms with Gasteiger partial charge in [-0.15, -0.1) is 0 Å². The van der Waals surface area contributed by atoms with E-state index in [2.05, 4.69) is 5.32 Å². The second-order valence-corrected chi connectivity index (χ2v) is 2.87. The number of hydrogen-bond donors (Lipinski definition) is 2. The second kappa shape index (κ2) is 3.57. The molecule has 1 saturated heterocycles. The van der Waals surface area contributed by atoms with E-state index in [9.17, 15) is 4.79 Å². The molecule has 1 rings (SSSR count). The number of hydrogen-bond acceptors (Lipinski definition) is 2. The summed E-state index contributed by atoms with van der Waals surface area (Å²) in [5.41, 5.74) is 0. The van der Waals surface area contributed by atoms with E-state index in [1.807, 2.05) is 6.92 Å². The van der Waals surface area contributed by atoms with Crippen LogP contribution in [0.15, 0.2) is 0 Å². The fourth-order valence-corrected chi connectivity index (χ4v) is 1.17. The van der Waals surface area contributed by atoms with E-state index in [0.29, 0.717) is 6.61 Å². The standard InChI is InChI=1S/C7H13NO3/c1-5-2-3-6(4-11-5)8-7(9)10/h5-6,8H,2-4H2,1H3,(H,9,10)/t5-,6+/m0/s1. The largest absolute Gasteiger partial charge is 0.465 e. The molecule has 1 heterocycles. The molecule has 1 aliphatic rings. The summed E-state index contributed by atoms with van der Waals surface area (Å²) in [6.45, 7) is 2.50. The Kier molecular flexibility index (Phi) is 2.70. The van der Waals surface area contributed by atoms with Crippen LogP contribution in [-0.2, 0) is 4.74 Å². The average Bonchev–Trinajstić information content (AvgIpc) is 1.93. The molecular formula is C7H13NO3. The molecule has 0 spiro atoms. The van der Waals surface area contributed by atoms with Crippen molar-refractivity contribution >= 4 is 6.09 Å². The van der Waals surface area contributed by atoms with Gasteiger partial charge in [-0.2, -0.15) is 0 Å². The molecule has 64 valence electrons. The summed E-state index contributed by atoms with van der Waals surface area (Å²) < 4.78 is 5.27. The van der Waals surface area contributed by atoms with E-state index in [1.165, 1.54) is 0 Å². The van der Waals surface area contributed by atoms with E-state index in [1.54, 1.807) is 0 Å². The van der Waals surface area contributed by atoms with Crippen molar-refractivity contribution < 1.29 is 14.6 Å². The first-order valence-corrected chi connectivity index (χ1v) is 3.79. The van der Waals surface area contributed by atoms with Gasteiger partial charge in [0.25, 0.3) is 0 Å². The Morgan fingerprint density at radius 2 is 2.36 bits per heavy atom. The molecule has 0 bridgehead atoms. The van der Waals surface area contributed by atoms with Gasteiger partial charge in [-0.25, -0.2) is 4.79 Å². The molecule has 2 N–H and O–H groups in total. The monoisotopic (exact) mass is 159 g/mol. The molecule has 0 aromatic heterocycles. The molecule has 0 radical (unpaired) electrons. The Labute approximate surface area is 65.5 Å². The highest BCUT2D eigenvalue weighted by molar-refractivity contribution is 5.64. The smallest absolute Gasteiger partial charge is 0.404 e. The zero-order chi connectivity index (χ0) is 8.27. The fraction of sp³-hybridized carbons (Fsp3) is 0.857. The van der Waals surface area contributed by atoms with Crippen molar-refractivity contribution in [3.05, 3.63) is 0 Å². The maximum Gasteiger partial charge on any atom is 0.404 e. The van der Waals surface area contributed by atoms with Gasteiger partial charge in [0, 0.05) is 0 Å². The predicted molar refractivity (Wildman–Crippen MR) is 39.6 cm³/mol. The Balaban J connectivity index is 2.22. The van der Waals surface area contributed by atoms with E-state index in [0.717, 1.165) is 12.8 Å². The molecule has 1 fully saturated rings. The number of rotatable bonds is 1. The van der Waals surface area contributed by atoms with Gasteiger partial charge in [0.15, 0.2) is 0 Å². The third-order valence-corrected chi connectivity index (χ3v) is 1.83. The Hall–Kier alpha value is -0.770. The minimum absolute atomic E-state index is 0.0105. The molecule has 4 heteroatoms. The van der Waals surface area contributed by atoms with Gasteiger partial charge >= 0.3 is 6.09 Å². The number of amides is 1. The molecule has 1 amide bonds. The maximum atomic E-state index is 10.2. The van der Waals surface area contributed by atoms with E-state index in [4.69, 9.17) is 9.84 Å². The maximum absolute atomic E-state index is 10.2. The summed E-state index contributed by atoms with van der Waals surface area (Å²) in [6, 6.07) is -0.0105. The van der Waals surface area contributed by atoms with Crippen LogP contribution in [0.1, 0.15) is 19.8 Å². The lowest BCUT2D eigenvalue weighted by atomic mass is 10.1. The topological polar surface area (TPSA) is 58.6 Å². The molecule has 0 unspecified atom stereocenters. The highest BCUT2D eigenvalue weighted by Gasteiger charge is 2.19. The van der Waals surface area contributed by atoms with Crippen molar-refractivity contribution in [3.8, 4) is 0 Å². The third-order valence-electron chi connectivity index (χ3n) is 1.83. The molecule has 0 aromatic carbocycles. The van der Waals surface area contributed by atoms with Crippen molar-refractivity contribution in [2.24, 2.45) is 0 Å². The van der Waals surface area contributed by atoms with E-state index in [-0.39, 0.29) is 12.1 Å². The number of carboxylic acid groups (broad SMARTS) is 1. The minimum Gasteiger partial charge on any atom is -0.465 e. The van der Waals surface area contributed by atoms with Crippen LogP contribution in [0.3, 0.4) is 0 Å².